The van der Waals surface area contributed by atoms with E-state index in [2.05, 4.69) is 15.6 Å². The first kappa shape index (κ1) is 21.4. The van der Waals surface area contributed by atoms with Gasteiger partial charge in [0.15, 0.2) is 0 Å². The number of aryl methyl sites for hydroxylation is 1. The Morgan fingerprint density at radius 2 is 2.00 bits per heavy atom. The lowest BCUT2D eigenvalue weighted by molar-refractivity contribution is -0.119. The number of carbonyl (C=O) groups is 2. The van der Waals surface area contributed by atoms with Gasteiger partial charge in [0.05, 0.1) is 12.2 Å². The molecule has 7 heteroatoms. The number of urea groups is 1. The number of pyridine rings is 1. The number of benzene rings is 1. The van der Waals surface area contributed by atoms with E-state index < -0.39 is 0 Å². The third kappa shape index (κ3) is 6.06. The summed E-state index contributed by atoms with van der Waals surface area (Å²) in [6.07, 6.45) is 2.55. The van der Waals surface area contributed by atoms with E-state index in [0.29, 0.717) is 17.9 Å². The van der Waals surface area contributed by atoms with E-state index in [1.165, 1.54) is 7.11 Å². The van der Waals surface area contributed by atoms with Gasteiger partial charge in [-0.25, -0.2) is 4.79 Å². The molecule has 2 N–H and O–H groups in total. The second-order valence-corrected chi connectivity index (χ2v) is 6.65. The predicted molar refractivity (Wildman–Crippen MR) is 110 cm³/mol. The number of nitrogens with zero attached hydrogens (tertiary/aromatic N) is 2. The van der Waals surface area contributed by atoms with Crippen molar-refractivity contribution < 1.29 is 14.3 Å². The summed E-state index contributed by atoms with van der Waals surface area (Å²) in [7, 11) is 1.46. The average Bonchev–Trinajstić information content (AvgIpc) is 2.69. The first-order chi connectivity index (χ1) is 13.4. The van der Waals surface area contributed by atoms with Crippen LogP contribution in [0.15, 0.2) is 42.6 Å². The van der Waals surface area contributed by atoms with Gasteiger partial charge in [0.25, 0.3) is 0 Å². The quantitative estimate of drug-likeness (QED) is 0.725. The molecule has 2 aromatic rings. The van der Waals surface area contributed by atoms with E-state index >= 15 is 0 Å². The molecule has 3 amide bonds. The molecule has 0 unspecified atom stereocenters. The Balaban J connectivity index is 2.16. The van der Waals surface area contributed by atoms with Crippen molar-refractivity contribution >= 4 is 23.3 Å². The van der Waals surface area contributed by atoms with Gasteiger partial charge in [0.1, 0.15) is 6.61 Å². The minimum absolute atomic E-state index is 0.0264. The Morgan fingerprint density at radius 1 is 1.21 bits per heavy atom. The maximum Gasteiger partial charge on any atom is 0.322 e. The molecule has 1 aromatic carbocycles. The second-order valence-electron chi connectivity index (χ2n) is 6.65. The van der Waals surface area contributed by atoms with Crippen LogP contribution in [-0.4, -0.2) is 41.6 Å². The number of anilines is 2. The van der Waals surface area contributed by atoms with E-state index in [4.69, 9.17) is 4.74 Å². The average molecular weight is 384 g/mol. The highest BCUT2D eigenvalue weighted by molar-refractivity contribution is 5.94. The summed E-state index contributed by atoms with van der Waals surface area (Å²) in [5.74, 6) is -0.250. The standard InChI is InChI=1S/C21H28N4O3/c1-5-16(3)25(13-18-8-6-7-11-22-18)21(27)24-19-12-17(10-9-15(19)2)23-20(26)14-28-4/h6-12,16H,5,13-14H2,1-4H3,(H,23,26)(H,24,27)/t16-/m1/s1. The summed E-state index contributed by atoms with van der Waals surface area (Å²) in [6, 6.07) is 10.9. The van der Waals surface area contributed by atoms with Crippen molar-refractivity contribution in [1.29, 1.82) is 0 Å². The summed E-state index contributed by atoms with van der Waals surface area (Å²) in [4.78, 5) is 30.8. The molecule has 0 saturated heterocycles. The largest absolute Gasteiger partial charge is 0.375 e. The zero-order valence-electron chi connectivity index (χ0n) is 16.9. The Labute approximate surface area is 166 Å². The molecule has 0 aliphatic heterocycles. The topological polar surface area (TPSA) is 83.6 Å². The van der Waals surface area contributed by atoms with Gasteiger partial charge in [0, 0.05) is 30.7 Å². The second kappa shape index (κ2) is 10.4. The first-order valence-corrected chi connectivity index (χ1v) is 9.31. The molecule has 28 heavy (non-hydrogen) atoms. The van der Waals surface area contributed by atoms with E-state index in [0.717, 1.165) is 17.7 Å². The molecule has 1 atom stereocenters. The van der Waals surface area contributed by atoms with Crippen LogP contribution in [0.5, 0.6) is 0 Å². The highest BCUT2D eigenvalue weighted by atomic mass is 16.5. The van der Waals surface area contributed by atoms with Gasteiger partial charge in [-0.2, -0.15) is 0 Å². The van der Waals surface area contributed by atoms with Crippen molar-refractivity contribution in [2.24, 2.45) is 0 Å². The Kier molecular flexibility index (Phi) is 7.95. The molecule has 0 aliphatic carbocycles. The lowest BCUT2D eigenvalue weighted by Gasteiger charge is -2.29. The van der Waals surface area contributed by atoms with Gasteiger partial charge in [0.2, 0.25) is 5.91 Å². The number of methoxy groups -OCH3 is 1. The van der Waals surface area contributed by atoms with Crippen LogP contribution in [0.4, 0.5) is 16.2 Å². The smallest absolute Gasteiger partial charge is 0.322 e. The molecule has 2 rings (SSSR count). The number of hydrogen-bond donors (Lipinski definition) is 2. The highest BCUT2D eigenvalue weighted by Gasteiger charge is 2.20. The van der Waals surface area contributed by atoms with E-state index in [9.17, 15) is 9.59 Å². The maximum atomic E-state index is 13.0. The van der Waals surface area contributed by atoms with Crippen molar-refractivity contribution in [3.8, 4) is 0 Å². The molecule has 0 fully saturated rings. The van der Waals surface area contributed by atoms with Gasteiger partial charge in [-0.3, -0.25) is 9.78 Å². The van der Waals surface area contributed by atoms with E-state index in [1.54, 1.807) is 23.2 Å². The van der Waals surface area contributed by atoms with Crippen molar-refractivity contribution in [2.75, 3.05) is 24.4 Å². The van der Waals surface area contributed by atoms with Gasteiger partial charge in [-0.1, -0.05) is 19.1 Å². The maximum absolute atomic E-state index is 13.0. The summed E-state index contributed by atoms with van der Waals surface area (Å²) in [6.45, 7) is 6.35. The molecular weight excluding hydrogens is 356 g/mol. The fraction of sp³-hybridized carbons (Fsp3) is 0.381. The molecule has 0 bridgehead atoms. The van der Waals surface area contributed by atoms with Crippen LogP contribution in [0.3, 0.4) is 0 Å². The molecular formula is C21H28N4O3. The molecule has 7 nitrogen and oxygen atoms in total. The van der Waals surface area contributed by atoms with Crippen molar-refractivity contribution in [1.82, 2.24) is 9.88 Å². The molecule has 0 spiro atoms. The summed E-state index contributed by atoms with van der Waals surface area (Å²) in [5, 5.41) is 5.72. The SMILES string of the molecule is CC[C@@H](C)N(Cc1ccccn1)C(=O)Nc1cc(NC(=O)COC)ccc1C. The summed E-state index contributed by atoms with van der Waals surface area (Å²) in [5.41, 5.74) is 2.98. The third-order valence-electron chi connectivity index (χ3n) is 4.48. The van der Waals surface area contributed by atoms with Crippen molar-refractivity contribution in [3.63, 3.8) is 0 Å². The van der Waals surface area contributed by atoms with Crippen molar-refractivity contribution in [2.45, 2.75) is 39.8 Å². The first-order valence-electron chi connectivity index (χ1n) is 9.31. The lowest BCUT2D eigenvalue weighted by atomic mass is 10.1. The van der Waals surface area contributed by atoms with E-state index in [1.807, 2.05) is 45.0 Å². The zero-order valence-corrected chi connectivity index (χ0v) is 16.9. The number of ether oxygens (including phenoxy) is 1. The van der Waals surface area contributed by atoms with Gasteiger partial charge in [-0.15, -0.1) is 0 Å². The molecule has 150 valence electrons. The van der Waals surface area contributed by atoms with Crippen LogP contribution in [-0.2, 0) is 16.1 Å². The predicted octanol–water partition coefficient (Wildman–Crippen LogP) is 3.81. The van der Waals surface area contributed by atoms with Gasteiger partial charge < -0.3 is 20.3 Å². The zero-order chi connectivity index (χ0) is 20.5. The van der Waals surface area contributed by atoms with E-state index in [-0.39, 0.29) is 24.6 Å². The van der Waals surface area contributed by atoms with Crippen LogP contribution in [0, 0.1) is 6.92 Å². The number of carbonyl (C=O) groups excluding carboxylic acids is 2. The van der Waals surface area contributed by atoms with Crippen molar-refractivity contribution in [3.05, 3.63) is 53.9 Å². The lowest BCUT2D eigenvalue weighted by Crippen LogP contribution is -2.41. The van der Waals surface area contributed by atoms with Crippen LogP contribution in [0.2, 0.25) is 0 Å². The molecule has 0 saturated carbocycles. The van der Waals surface area contributed by atoms with Crippen LogP contribution in [0.25, 0.3) is 0 Å². The molecule has 0 radical (unpaired) electrons. The molecule has 1 aromatic heterocycles. The number of aromatic nitrogens is 1. The van der Waals surface area contributed by atoms with Gasteiger partial charge >= 0.3 is 6.03 Å². The summed E-state index contributed by atoms with van der Waals surface area (Å²) < 4.78 is 4.83. The molecule has 0 aliphatic rings. The Hall–Kier alpha value is -2.93. The van der Waals surface area contributed by atoms with Crippen LogP contribution >= 0.6 is 0 Å². The fourth-order valence-corrected chi connectivity index (χ4v) is 2.66. The number of amides is 3. The summed E-state index contributed by atoms with van der Waals surface area (Å²) >= 11 is 0. The number of nitrogens with one attached hydrogen (secondary N) is 2. The molecule has 1 heterocycles. The minimum atomic E-state index is -0.250. The van der Waals surface area contributed by atoms with Gasteiger partial charge in [-0.05, 0) is 50.1 Å². The number of rotatable bonds is 8. The minimum Gasteiger partial charge on any atom is -0.375 e. The monoisotopic (exact) mass is 384 g/mol. The number of hydrogen-bond acceptors (Lipinski definition) is 4. The highest BCUT2D eigenvalue weighted by Crippen LogP contribution is 2.22. The Bertz CT molecular complexity index is 795. The fourth-order valence-electron chi connectivity index (χ4n) is 2.66. The third-order valence-corrected chi connectivity index (χ3v) is 4.48. The van der Waals surface area contributed by atoms with Crippen LogP contribution < -0.4 is 10.6 Å². The Morgan fingerprint density at radius 3 is 2.64 bits per heavy atom. The normalized spacial score (nSPS) is 11.6. The van der Waals surface area contributed by atoms with Crippen LogP contribution in [0.1, 0.15) is 31.5 Å².